The molecule has 0 saturated heterocycles. The van der Waals surface area contributed by atoms with E-state index in [4.69, 9.17) is 5.10 Å². The van der Waals surface area contributed by atoms with Crippen LogP contribution in [0.4, 0.5) is 4.39 Å². The molecule has 2 aliphatic rings. The van der Waals surface area contributed by atoms with Gasteiger partial charge in [0.1, 0.15) is 5.82 Å². The van der Waals surface area contributed by atoms with E-state index in [0.29, 0.717) is 5.56 Å². The molecule has 1 fully saturated rings. The second-order valence-corrected chi connectivity index (χ2v) is 8.08. The Balaban J connectivity index is 1.57. The summed E-state index contributed by atoms with van der Waals surface area (Å²) in [4.78, 5) is 13.4. The van der Waals surface area contributed by atoms with E-state index in [1.165, 1.54) is 29.8 Å². The summed E-state index contributed by atoms with van der Waals surface area (Å²) in [5.41, 5.74) is 4.85. The SMILES string of the molecule is O=C(c1ccc(F)cc1)N1N=C2/C(=C/c3ccccc3)CCC[C@H]2[C@@H]1c1ccccc1. The van der Waals surface area contributed by atoms with Gasteiger partial charge >= 0.3 is 0 Å². The molecule has 154 valence electrons. The van der Waals surface area contributed by atoms with Gasteiger partial charge in [0, 0.05) is 11.5 Å². The van der Waals surface area contributed by atoms with E-state index in [2.05, 4.69) is 30.3 Å². The van der Waals surface area contributed by atoms with Gasteiger partial charge < -0.3 is 0 Å². The number of carbonyl (C=O) groups is 1. The molecule has 1 aliphatic heterocycles. The number of hydrazone groups is 1. The summed E-state index contributed by atoms with van der Waals surface area (Å²) < 4.78 is 13.4. The van der Waals surface area contributed by atoms with Crippen LogP contribution in [0.15, 0.2) is 95.6 Å². The van der Waals surface area contributed by atoms with Gasteiger partial charge in [-0.15, -0.1) is 0 Å². The van der Waals surface area contributed by atoms with E-state index in [1.54, 1.807) is 5.01 Å². The molecule has 1 heterocycles. The fourth-order valence-electron chi connectivity index (χ4n) is 4.63. The molecule has 31 heavy (non-hydrogen) atoms. The first-order chi connectivity index (χ1) is 15.2. The van der Waals surface area contributed by atoms with Crippen LogP contribution in [-0.2, 0) is 0 Å². The van der Waals surface area contributed by atoms with Gasteiger partial charge in [-0.2, -0.15) is 5.10 Å². The maximum absolute atomic E-state index is 13.4. The number of hydrogen-bond acceptors (Lipinski definition) is 2. The molecule has 3 aromatic rings. The molecule has 1 aliphatic carbocycles. The molecule has 5 rings (SSSR count). The van der Waals surface area contributed by atoms with Gasteiger partial charge in [0.05, 0.1) is 11.8 Å². The van der Waals surface area contributed by atoms with Crippen molar-refractivity contribution in [3.8, 4) is 0 Å². The molecule has 4 heteroatoms. The van der Waals surface area contributed by atoms with Crippen molar-refractivity contribution >= 4 is 17.7 Å². The molecule has 3 aromatic carbocycles. The zero-order valence-corrected chi connectivity index (χ0v) is 17.1. The van der Waals surface area contributed by atoms with Gasteiger partial charge in [-0.3, -0.25) is 4.79 Å². The molecule has 0 unspecified atom stereocenters. The second-order valence-electron chi connectivity index (χ2n) is 8.08. The topological polar surface area (TPSA) is 32.7 Å². The predicted molar refractivity (Wildman–Crippen MR) is 121 cm³/mol. The van der Waals surface area contributed by atoms with Crippen LogP contribution in [0, 0.1) is 11.7 Å². The van der Waals surface area contributed by atoms with E-state index in [9.17, 15) is 9.18 Å². The van der Waals surface area contributed by atoms with Crippen LogP contribution in [0.25, 0.3) is 6.08 Å². The van der Waals surface area contributed by atoms with Crippen LogP contribution in [0.3, 0.4) is 0 Å². The Kier molecular flexibility index (Phi) is 5.21. The molecule has 0 spiro atoms. The Morgan fingerprint density at radius 3 is 2.32 bits per heavy atom. The average molecular weight is 410 g/mol. The quantitative estimate of drug-likeness (QED) is 0.501. The fourth-order valence-corrected chi connectivity index (χ4v) is 4.63. The van der Waals surface area contributed by atoms with Crippen LogP contribution >= 0.6 is 0 Å². The van der Waals surface area contributed by atoms with Gasteiger partial charge in [0.25, 0.3) is 5.91 Å². The first-order valence-corrected chi connectivity index (χ1v) is 10.7. The lowest BCUT2D eigenvalue weighted by Crippen LogP contribution is -2.31. The first-order valence-electron chi connectivity index (χ1n) is 10.7. The minimum Gasteiger partial charge on any atom is -0.267 e. The number of amides is 1. The van der Waals surface area contributed by atoms with Gasteiger partial charge in [0.15, 0.2) is 0 Å². The van der Waals surface area contributed by atoms with E-state index >= 15 is 0 Å². The highest BCUT2D eigenvalue weighted by atomic mass is 19.1. The van der Waals surface area contributed by atoms with Crippen LogP contribution in [0.1, 0.15) is 46.8 Å². The third-order valence-corrected chi connectivity index (χ3v) is 6.08. The summed E-state index contributed by atoms with van der Waals surface area (Å²) in [6.07, 6.45) is 5.19. The number of halogens is 1. The highest BCUT2D eigenvalue weighted by molar-refractivity contribution is 6.09. The van der Waals surface area contributed by atoms with Crippen LogP contribution < -0.4 is 0 Å². The van der Waals surface area contributed by atoms with Crippen LogP contribution in [0.5, 0.6) is 0 Å². The molecule has 0 aromatic heterocycles. The normalized spacial score (nSPS) is 21.6. The second kappa shape index (κ2) is 8.31. The molecule has 0 radical (unpaired) electrons. The number of allylic oxidation sites excluding steroid dienone is 1. The molecule has 3 nitrogen and oxygen atoms in total. The molecular weight excluding hydrogens is 387 g/mol. The Morgan fingerprint density at radius 1 is 0.935 bits per heavy atom. The third kappa shape index (κ3) is 3.81. The van der Waals surface area contributed by atoms with E-state index in [0.717, 1.165) is 36.1 Å². The maximum atomic E-state index is 13.4. The molecule has 0 N–H and O–H groups in total. The summed E-state index contributed by atoms with van der Waals surface area (Å²) >= 11 is 0. The zero-order chi connectivity index (χ0) is 21.2. The van der Waals surface area contributed by atoms with Crippen molar-refractivity contribution in [2.24, 2.45) is 11.0 Å². The zero-order valence-electron chi connectivity index (χ0n) is 17.1. The largest absolute Gasteiger partial charge is 0.274 e. The monoisotopic (exact) mass is 410 g/mol. The third-order valence-electron chi connectivity index (χ3n) is 6.08. The van der Waals surface area contributed by atoms with Crippen molar-refractivity contribution < 1.29 is 9.18 Å². The highest BCUT2D eigenvalue weighted by Crippen LogP contribution is 2.44. The van der Waals surface area contributed by atoms with E-state index in [-0.39, 0.29) is 23.7 Å². The fraction of sp³-hybridized carbons (Fsp3) is 0.185. The highest BCUT2D eigenvalue weighted by Gasteiger charge is 2.43. The number of fused-ring (bicyclic) bond motifs is 1. The van der Waals surface area contributed by atoms with Crippen molar-refractivity contribution in [2.45, 2.75) is 25.3 Å². The minimum absolute atomic E-state index is 0.149. The molecule has 1 amide bonds. The molecule has 1 saturated carbocycles. The minimum atomic E-state index is -0.356. The van der Waals surface area contributed by atoms with Crippen molar-refractivity contribution in [1.82, 2.24) is 5.01 Å². The van der Waals surface area contributed by atoms with E-state index < -0.39 is 0 Å². The van der Waals surface area contributed by atoms with Crippen molar-refractivity contribution in [1.29, 1.82) is 0 Å². The molecule has 2 atom stereocenters. The summed E-state index contributed by atoms with van der Waals surface area (Å²) in [6.45, 7) is 0. The average Bonchev–Trinajstić information content (AvgIpc) is 3.21. The van der Waals surface area contributed by atoms with Gasteiger partial charge in [-0.25, -0.2) is 9.40 Å². The van der Waals surface area contributed by atoms with Crippen molar-refractivity contribution in [3.05, 3.63) is 113 Å². The smallest absolute Gasteiger partial charge is 0.267 e. The number of carbonyl (C=O) groups excluding carboxylic acids is 1. The van der Waals surface area contributed by atoms with Crippen LogP contribution in [0.2, 0.25) is 0 Å². The first kappa shape index (κ1) is 19.4. The lowest BCUT2D eigenvalue weighted by atomic mass is 9.77. The van der Waals surface area contributed by atoms with Gasteiger partial charge in [-0.1, -0.05) is 60.7 Å². The molecular formula is C27H23FN2O. The number of nitrogens with zero attached hydrogens (tertiary/aromatic N) is 2. The summed E-state index contributed by atoms with van der Waals surface area (Å²) in [6, 6.07) is 25.9. The Morgan fingerprint density at radius 2 is 1.61 bits per heavy atom. The Bertz CT molecular complexity index is 1140. The lowest BCUT2D eigenvalue weighted by Gasteiger charge is -2.29. The van der Waals surface area contributed by atoms with Gasteiger partial charge in [0.2, 0.25) is 0 Å². The maximum Gasteiger partial charge on any atom is 0.274 e. The van der Waals surface area contributed by atoms with E-state index in [1.807, 2.05) is 36.4 Å². The molecule has 0 bridgehead atoms. The Labute approximate surface area is 181 Å². The van der Waals surface area contributed by atoms with Gasteiger partial charge in [-0.05, 0) is 66.3 Å². The number of hydrogen-bond donors (Lipinski definition) is 0. The standard InChI is InChI=1S/C27H23FN2O/c28-23-16-14-21(15-17-23)27(31)30-26(20-10-5-2-6-11-20)24-13-7-12-22(25(24)29-30)18-19-8-3-1-4-9-19/h1-6,8-11,14-18,24,26H,7,12-13H2/b22-18+/t24-,26+/m1/s1. The number of rotatable bonds is 3. The summed E-state index contributed by atoms with van der Waals surface area (Å²) in [7, 11) is 0. The van der Waals surface area contributed by atoms with Crippen LogP contribution in [-0.4, -0.2) is 16.6 Å². The number of benzene rings is 3. The van der Waals surface area contributed by atoms with Crippen molar-refractivity contribution in [3.63, 3.8) is 0 Å². The predicted octanol–water partition coefficient (Wildman–Crippen LogP) is 6.26. The van der Waals surface area contributed by atoms with Crippen molar-refractivity contribution in [2.75, 3.05) is 0 Å². The lowest BCUT2D eigenvalue weighted by molar-refractivity contribution is 0.0681. The summed E-state index contributed by atoms with van der Waals surface area (Å²) in [5.74, 6) is -0.407. The summed E-state index contributed by atoms with van der Waals surface area (Å²) in [5, 5.41) is 6.50. The Hall–Kier alpha value is -3.53.